The van der Waals surface area contributed by atoms with Gasteiger partial charge in [0.25, 0.3) is 5.91 Å². The molecule has 2 aromatic rings. The lowest BCUT2D eigenvalue weighted by molar-refractivity contribution is -0.153. The van der Waals surface area contributed by atoms with E-state index in [0.29, 0.717) is 24.2 Å². The van der Waals surface area contributed by atoms with Gasteiger partial charge in [-0.3, -0.25) is 9.59 Å². The molecule has 1 aliphatic rings. The fourth-order valence-corrected chi connectivity index (χ4v) is 6.02. The van der Waals surface area contributed by atoms with Crippen LogP contribution in [0.5, 0.6) is 0 Å². The number of nitrogens with one attached hydrogen (secondary N) is 2. The van der Waals surface area contributed by atoms with Gasteiger partial charge in [0, 0.05) is 38.3 Å². The zero-order valence-electron chi connectivity index (χ0n) is 23.8. The van der Waals surface area contributed by atoms with E-state index < -0.39 is 11.6 Å². The number of likely N-dealkylation sites (tertiary alicyclic amines) is 1. The van der Waals surface area contributed by atoms with Crippen molar-refractivity contribution in [2.75, 3.05) is 26.2 Å². The molecule has 12 heteroatoms. The zero-order valence-corrected chi connectivity index (χ0v) is 26.1. The Balaban J connectivity index is 1.51. The van der Waals surface area contributed by atoms with Crippen molar-refractivity contribution in [3.8, 4) is 0 Å². The van der Waals surface area contributed by atoms with Gasteiger partial charge in [0.05, 0.1) is 5.56 Å². The van der Waals surface area contributed by atoms with Crippen LogP contribution in [0.3, 0.4) is 0 Å². The highest BCUT2D eigenvalue weighted by molar-refractivity contribution is 7.07. The Morgan fingerprint density at radius 2 is 1.93 bits per heavy atom. The van der Waals surface area contributed by atoms with Crippen molar-refractivity contribution < 1.29 is 19.1 Å². The number of carbonyl (C=O) groups is 3. The second-order valence-corrected chi connectivity index (χ2v) is 12.6. The van der Waals surface area contributed by atoms with Crippen molar-refractivity contribution in [3.63, 3.8) is 0 Å². The van der Waals surface area contributed by atoms with Gasteiger partial charge in [0.2, 0.25) is 0 Å². The number of amides is 3. The molecule has 2 N–H and O–H groups in total. The summed E-state index contributed by atoms with van der Waals surface area (Å²) in [4.78, 5) is 46.2. The van der Waals surface area contributed by atoms with Crippen LogP contribution in [0, 0.1) is 6.92 Å². The van der Waals surface area contributed by atoms with E-state index in [4.69, 9.17) is 27.9 Å². The van der Waals surface area contributed by atoms with Gasteiger partial charge in [0.1, 0.15) is 22.5 Å². The van der Waals surface area contributed by atoms with Gasteiger partial charge in [-0.05, 0) is 87.9 Å². The average molecular weight is 613 g/mol. The lowest BCUT2D eigenvalue weighted by Crippen LogP contribution is -2.52. The summed E-state index contributed by atoms with van der Waals surface area (Å²) < 4.78 is 5.33. The Bertz CT molecular complexity index is 1140. The van der Waals surface area contributed by atoms with Crippen molar-refractivity contribution in [3.05, 3.63) is 49.9 Å². The van der Waals surface area contributed by atoms with Gasteiger partial charge < -0.3 is 25.2 Å². The molecule has 40 heavy (non-hydrogen) atoms. The van der Waals surface area contributed by atoms with Gasteiger partial charge in [-0.2, -0.15) is 11.3 Å². The van der Waals surface area contributed by atoms with Crippen LogP contribution < -0.4 is 10.6 Å². The number of aryl methyl sites for hydroxylation is 1. The van der Waals surface area contributed by atoms with E-state index >= 15 is 0 Å². The van der Waals surface area contributed by atoms with Gasteiger partial charge in [-0.25, -0.2) is 9.78 Å². The molecule has 1 aliphatic heterocycles. The van der Waals surface area contributed by atoms with Crippen LogP contribution in [-0.4, -0.2) is 76.6 Å². The number of ether oxygens (including phenoxy) is 1. The van der Waals surface area contributed by atoms with Crippen LogP contribution in [0.4, 0.5) is 4.79 Å². The summed E-state index contributed by atoms with van der Waals surface area (Å²) in [7, 11) is 0. The third-order valence-corrected chi connectivity index (χ3v) is 7.98. The molecule has 0 aliphatic carbocycles. The molecular formula is C28H39Cl2N5O4S. The number of hydrogen-bond donors (Lipinski definition) is 2. The number of thiophene rings is 1. The normalized spacial score (nSPS) is 15.4. The average Bonchev–Trinajstić information content (AvgIpc) is 3.37. The number of piperidine rings is 1. The van der Waals surface area contributed by atoms with Crippen LogP contribution in [0.2, 0.25) is 10.3 Å². The van der Waals surface area contributed by atoms with Crippen molar-refractivity contribution >= 4 is 52.4 Å². The first-order chi connectivity index (χ1) is 18.8. The highest BCUT2D eigenvalue weighted by Gasteiger charge is 2.30. The van der Waals surface area contributed by atoms with Crippen molar-refractivity contribution in [2.24, 2.45) is 0 Å². The minimum atomic E-state index is -0.608. The van der Waals surface area contributed by atoms with Crippen LogP contribution >= 0.6 is 34.5 Å². The molecule has 220 valence electrons. The summed E-state index contributed by atoms with van der Waals surface area (Å²) >= 11 is 13.6. The molecule has 0 spiro atoms. The van der Waals surface area contributed by atoms with E-state index in [0.717, 1.165) is 37.9 Å². The fraction of sp³-hybridized carbons (Fsp3) is 0.571. The first-order valence-corrected chi connectivity index (χ1v) is 15.2. The Kier molecular flexibility index (Phi) is 11.6. The first-order valence-electron chi connectivity index (χ1n) is 13.5. The molecule has 2 aromatic heterocycles. The fourth-order valence-electron chi connectivity index (χ4n) is 4.75. The number of hydrogen-bond acceptors (Lipinski definition) is 7. The molecule has 0 saturated carbocycles. The molecule has 0 bridgehead atoms. The van der Waals surface area contributed by atoms with Crippen LogP contribution in [0.1, 0.15) is 68.4 Å². The third-order valence-electron chi connectivity index (χ3n) is 6.78. The molecule has 9 nitrogen and oxygen atoms in total. The van der Waals surface area contributed by atoms with Crippen LogP contribution in [0.15, 0.2) is 22.9 Å². The molecular weight excluding hydrogens is 573 g/mol. The highest BCUT2D eigenvalue weighted by Crippen LogP contribution is 2.23. The lowest BCUT2D eigenvalue weighted by Gasteiger charge is -2.40. The number of urea groups is 1. The molecule has 1 saturated heterocycles. The number of esters is 1. The standard InChI is InChI=1S/C28H39Cl2N5O4S/c1-18-14-22(29)33-25(30)24(18)26(37)31-10-6-19(2)34-11-7-21(8-12-34)35(16-20-9-13-40-17-20)27(38)32-15-23(36)39-28(3,4)5/h9,13-14,17,19,21H,6-8,10-12,15-16H2,1-5H3,(H,31,37)(H,32,38)/t19-/m1/s1. The summed E-state index contributed by atoms with van der Waals surface area (Å²) in [5.41, 5.74) is 1.48. The maximum Gasteiger partial charge on any atom is 0.325 e. The Morgan fingerprint density at radius 1 is 1.23 bits per heavy atom. The van der Waals surface area contributed by atoms with E-state index in [1.165, 1.54) is 0 Å². The molecule has 1 atom stereocenters. The monoisotopic (exact) mass is 611 g/mol. The maximum absolute atomic E-state index is 13.2. The number of nitrogens with zero attached hydrogens (tertiary/aromatic N) is 3. The quantitative estimate of drug-likeness (QED) is 0.280. The Morgan fingerprint density at radius 3 is 2.52 bits per heavy atom. The number of carbonyl (C=O) groups excluding carboxylic acids is 3. The van der Waals surface area contributed by atoms with Gasteiger partial charge in [-0.15, -0.1) is 0 Å². The number of pyridine rings is 1. The summed E-state index contributed by atoms with van der Waals surface area (Å²) in [5.74, 6) is -0.726. The van der Waals surface area contributed by atoms with Gasteiger partial charge in [-0.1, -0.05) is 23.2 Å². The predicted octanol–water partition coefficient (Wildman–Crippen LogP) is 5.28. The van der Waals surface area contributed by atoms with Crippen molar-refractivity contribution in [1.29, 1.82) is 0 Å². The van der Waals surface area contributed by atoms with E-state index in [2.05, 4.69) is 27.4 Å². The Labute approximate surface area is 250 Å². The van der Waals surface area contributed by atoms with E-state index in [-0.39, 0.29) is 40.9 Å². The molecule has 3 rings (SSSR count). The summed E-state index contributed by atoms with van der Waals surface area (Å²) in [5, 5.41) is 10.1. The van der Waals surface area contributed by atoms with Gasteiger partial charge in [0.15, 0.2) is 0 Å². The molecule has 1 fully saturated rings. The number of rotatable bonds is 10. The molecule has 0 radical (unpaired) electrons. The molecule has 3 amide bonds. The molecule has 0 aromatic carbocycles. The second kappa shape index (κ2) is 14.5. The topological polar surface area (TPSA) is 104 Å². The molecule has 0 unspecified atom stereocenters. The SMILES string of the molecule is Cc1cc(Cl)nc(Cl)c1C(=O)NCC[C@@H](C)N1CCC(N(Cc2ccsc2)C(=O)NCC(=O)OC(C)(C)C)CC1. The smallest absolute Gasteiger partial charge is 0.325 e. The van der Waals surface area contributed by atoms with Gasteiger partial charge >= 0.3 is 12.0 Å². The second-order valence-electron chi connectivity index (χ2n) is 11.1. The third kappa shape index (κ3) is 9.61. The van der Waals surface area contributed by atoms with Crippen molar-refractivity contribution in [1.82, 2.24) is 25.4 Å². The van der Waals surface area contributed by atoms with E-state index in [9.17, 15) is 14.4 Å². The van der Waals surface area contributed by atoms with Crippen molar-refractivity contribution in [2.45, 2.75) is 78.1 Å². The van der Waals surface area contributed by atoms with Crippen LogP contribution in [-0.2, 0) is 16.1 Å². The highest BCUT2D eigenvalue weighted by atomic mass is 35.5. The summed E-state index contributed by atoms with van der Waals surface area (Å²) in [6.45, 7) is 11.8. The molecule has 3 heterocycles. The maximum atomic E-state index is 13.2. The van der Waals surface area contributed by atoms with E-state index in [1.54, 1.807) is 45.1 Å². The minimum absolute atomic E-state index is 0.0456. The first kappa shape index (κ1) is 32.1. The van der Waals surface area contributed by atoms with E-state index in [1.807, 2.05) is 21.7 Å². The lowest BCUT2D eigenvalue weighted by atomic mass is 10.0. The number of aromatic nitrogens is 1. The predicted molar refractivity (Wildman–Crippen MR) is 159 cm³/mol. The van der Waals surface area contributed by atoms with Crippen LogP contribution in [0.25, 0.3) is 0 Å². The largest absolute Gasteiger partial charge is 0.459 e. The summed E-state index contributed by atoms with van der Waals surface area (Å²) in [6, 6.07) is 3.65. The number of halogens is 2. The minimum Gasteiger partial charge on any atom is -0.459 e. The Hall–Kier alpha value is -2.40. The zero-order chi connectivity index (χ0) is 29.4. The summed E-state index contributed by atoms with van der Waals surface area (Å²) in [6.07, 6.45) is 2.39.